The first kappa shape index (κ1) is 18.1. The molecule has 0 aliphatic carbocycles. The number of amides is 1. The maximum atomic E-state index is 12.8. The molecule has 2 aromatic rings. The summed E-state index contributed by atoms with van der Waals surface area (Å²) in [4.78, 5) is 12.9. The third-order valence-corrected chi connectivity index (χ3v) is 7.04. The molecule has 0 atom stereocenters. The molecule has 1 saturated heterocycles. The fourth-order valence-electron chi connectivity index (χ4n) is 2.73. The molecule has 25 heavy (non-hydrogen) atoms. The van der Waals surface area contributed by atoms with Crippen molar-refractivity contribution in [2.75, 3.05) is 31.6 Å². The van der Waals surface area contributed by atoms with Gasteiger partial charge in [-0.1, -0.05) is 17.7 Å². The molecule has 0 bridgehead atoms. The lowest BCUT2D eigenvalue weighted by Crippen LogP contribution is -2.41. The second-order valence-electron chi connectivity index (χ2n) is 5.90. The number of sulfonamides is 1. The molecule has 2 heterocycles. The van der Waals surface area contributed by atoms with Crippen LogP contribution in [-0.2, 0) is 14.8 Å². The Bertz CT molecular complexity index is 884. The zero-order valence-corrected chi connectivity index (χ0v) is 15.7. The van der Waals surface area contributed by atoms with Crippen molar-refractivity contribution in [1.29, 1.82) is 0 Å². The number of thiophene rings is 1. The van der Waals surface area contributed by atoms with Gasteiger partial charge in [0.05, 0.1) is 13.2 Å². The number of aryl methyl sites for hydroxylation is 2. The Labute approximate surface area is 151 Å². The van der Waals surface area contributed by atoms with Gasteiger partial charge in [0.2, 0.25) is 10.0 Å². The molecule has 3 rings (SSSR count). The summed E-state index contributed by atoms with van der Waals surface area (Å²) in [6, 6.07) is 7.19. The van der Waals surface area contributed by atoms with Crippen LogP contribution in [0.3, 0.4) is 0 Å². The van der Waals surface area contributed by atoms with Crippen LogP contribution in [0.2, 0.25) is 0 Å². The van der Waals surface area contributed by atoms with E-state index >= 15 is 0 Å². The third-order valence-electron chi connectivity index (χ3n) is 4.05. The molecule has 1 amide bonds. The van der Waals surface area contributed by atoms with Crippen molar-refractivity contribution in [2.24, 2.45) is 0 Å². The van der Waals surface area contributed by atoms with Crippen LogP contribution in [0, 0.1) is 13.8 Å². The van der Waals surface area contributed by atoms with Crippen molar-refractivity contribution >= 4 is 33.0 Å². The molecule has 134 valence electrons. The lowest BCUT2D eigenvalue weighted by molar-refractivity contribution is 0.0730. The van der Waals surface area contributed by atoms with E-state index in [0.717, 1.165) is 22.5 Å². The summed E-state index contributed by atoms with van der Waals surface area (Å²) in [6.45, 7) is 5.22. The number of hydrogen-bond acceptors (Lipinski definition) is 5. The predicted molar refractivity (Wildman–Crippen MR) is 97.8 cm³/mol. The topological polar surface area (TPSA) is 75.7 Å². The minimum atomic E-state index is -3.70. The van der Waals surface area contributed by atoms with Crippen LogP contribution in [0.4, 0.5) is 5.69 Å². The van der Waals surface area contributed by atoms with Crippen LogP contribution in [0.1, 0.15) is 20.8 Å². The van der Waals surface area contributed by atoms with Crippen LogP contribution < -0.4 is 5.32 Å². The summed E-state index contributed by atoms with van der Waals surface area (Å²) in [5, 5.41) is 4.45. The van der Waals surface area contributed by atoms with Crippen LogP contribution in [0.25, 0.3) is 0 Å². The van der Waals surface area contributed by atoms with Gasteiger partial charge >= 0.3 is 0 Å². The number of anilines is 1. The molecule has 0 unspecified atom stereocenters. The molecule has 1 aliphatic rings. The van der Waals surface area contributed by atoms with Crippen LogP contribution in [-0.4, -0.2) is 44.9 Å². The van der Waals surface area contributed by atoms with Crippen molar-refractivity contribution < 1.29 is 17.9 Å². The van der Waals surface area contributed by atoms with E-state index in [4.69, 9.17) is 4.74 Å². The lowest BCUT2D eigenvalue weighted by atomic mass is 10.1. The monoisotopic (exact) mass is 380 g/mol. The van der Waals surface area contributed by atoms with Crippen molar-refractivity contribution in [3.63, 3.8) is 0 Å². The van der Waals surface area contributed by atoms with Crippen LogP contribution in [0.5, 0.6) is 0 Å². The number of carbonyl (C=O) groups excluding carboxylic acids is 1. The van der Waals surface area contributed by atoms with Crippen molar-refractivity contribution in [3.8, 4) is 0 Å². The lowest BCUT2D eigenvalue weighted by Gasteiger charge is -2.26. The standard InChI is InChI=1S/C17H20N2O4S2/c1-12-3-4-14(13(2)11-12)18-17(20)16-15(5-10-24-16)25(21,22)19-6-8-23-9-7-19/h3-5,10-11H,6-9H2,1-2H3,(H,18,20). The number of carbonyl (C=O) groups is 1. The zero-order valence-electron chi connectivity index (χ0n) is 14.1. The van der Waals surface area contributed by atoms with Gasteiger partial charge in [0, 0.05) is 18.8 Å². The first-order chi connectivity index (χ1) is 11.9. The summed E-state index contributed by atoms with van der Waals surface area (Å²) in [6.07, 6.45) is 0. The highest BCUT2D eigenvalue weighted by Crippen LogP contribution is 2.27. The van der Waals surface area contributed by atoms with Gasteiger partial charge in [0.15, 0.2) is 0 Å². The number of rotatable bonds is 4. The smallest absolute Gasteiger partial charge is 0.267 e. The van der Waals surface area contributed by atoms with Crippen LogP contribution in [0.15, 0.2) is 34.5 Å². The first-order valence-corrected chi connectivity index (χ1v) is 10.3. The van der Waals surface area contributed by atoms with E-state index in [0.29, 0.717) is 32.0 Å². The average Bonchev–Trinajstić information content (AvgIpc) is 3.09. The molecule has 8 heteroatoms. The molecule has 1 aliphatic heterocycles. The molecule has 0 radical (unpaired) electrons. The maximum Gasteiger partial charge on any atom is 0.267 e. The van der Waals surface area contributed by atoms with Crippen LogP contribution >= 0.6 is 11.3 Å². The van der Waals surface area contributed by atoms with E-state index in [-0.39, 0.29) is 9.77 Å². The predicted octanol–water partition coefficient (Wildman–Crippen LogP) is 2.64. The molecule has 0 spiro atoms. The SMILES string of the molecule is Cc1ccc(NC(=O)c2sccc2S(=O)(=O)N2CCOCC2)c(C)c1. The van der Waals surface area contributed by atoms with Gasteiger partial charge < -0.3 is 10.1 Å². The minimum absolute atomic E-state index is 0.0571. The molecule has 1 fully saturated rings. The van der Waals surface area contributed by atoms with Gasteiger partial charge in [-0.05, 0) is 36.9 Å². The molecular formula is C17H20N2O4S2. The molecule has 0 saturated carbocycles. The number of morpholine rings is 1. The van der Waals surface area contributed by atoms with Crippen molar-refractivity contribution in [1.82, 2.24) is 4.31 Å². The number of nitrogens with one attached hydrogen (secondary N) is 1. The van der Waals surface area contributed by atoms with E-state index in [2.05, 4.69) is 5.32 Å². The van der Waals surface area contributed by atoms with Gasteiger partial charge in [-0.25, -0.2) is 8.42 Å². The normalized spacial score (nSPS) is 15.9. The molecule has 1 N–H and O–H groups in total. The first-order valence-electron chi connectivity index (χ1n) is 7.93. The quantitative estimate of drug-likeness (QED) is 0.885. The molecular weight excluding hydrogens is 360 g/mol. The van der Waals surface area contributed by atoms with E-state index in [1.165, 1.54) is 10.4 Å². The highest BCUT2D eigenvalue weighted by molar-refractivity contribution is 7.89. The second-order valence-corrected chi connectivity index (χ2v) is 8.73. The Morgan fingerprint density at radius 2 is 1.92 bits per heavy atom. The van der Waals surface area contributed by atoms with Gasteiger partial charge in [-0.15, -0.1) is 11.3 Å². The number of benzene rings is 1. The van der Waals surface area contributed by atoms with Crippen molar-refractivity contribution in [2.45, 2.75) is 18.7 Å². The molecule has 6 nitrogen and oxygen atoms in total. The number of nitrogens with zero attached hydrogens (tertiary/aromatic N) is 1. The van der Waals surface area contributed by atoms with Gasteiger partial charge in [-0.3, -0.25) is 4.79 Å². The Hall–Kier alpha value is -1.74. The van der Waals surface area contributed by atoms with Gasteiger partial charge in [-0.2, -0.15) is 4.31 Å². The molecule has 1 aromatic heterocycles. The highest BCUT2D eigenvalue weighted by atomic mass is 32.2. The van der Waals surface area contributed by atoms with Gasteiger partial charge in [0.1, 0.15) is 9.77 Å². The van der Waals surface area contributed by atoms with Gasteiger partial charge in [0.25, 0.3) is 5.91 Å². The largest absolute Gasteiger partial charge is 0.379 e. The third kappa shape index (κ3) is 3.77. The molecule has 1 aromatic carbocycles. The summed E-state index contributed by atoms with van der Waals surface area (Å²) in [5.74, 6) is -0.409. The zero-order chi connectivity index (χ0) is 18.0. The maximum absolute atomic E-state index is 12.8. The second kappa shape index (κ2) is 7.25. The fourth-order valence-corrected chi connectivity index (χ4v) is 5.43. The Morgan fingerprint density at radius 1 is 1.20 bits per heavy atom. The number of hydrogen-bond donors (Lipinski definition) is 1. The Balaban J connectivity index is 1.86. The number of ether oxygens (including phenoxy) is 1. The Morgan fingerprint density at radius 3 is 2.60 bits per heavy atom. The van der Waals surface area contributed by atoms with E-state index < -0.39 is 15.9 Å². The van der Waals surface area contributed by atoms with E-state index in [1.807, 2.05) is 32.0 Å². The summed E-state index contributed by atoms with van der Waals surface area (Å²) >= 11 is 1.13. The average molecular weight is 380 g/mol. The van der Waals surface area contributed by atoms with Crippen molar-refractivity contribution in [3.05, 3.63) is 45.6 Å². The summed E-state index contributed by atoms with van der Waals surface area (Å²) in [7, 11) is -3.70. The fraction of sp³-hybridized carbons (Fsp3) is 0.353. The Kier molecular flexibility index (Phi) is 5.24. The van der Waals surface area contributed by atoms with E-state index in [9.17, 15) is 13.2 Å². The summed E-state index contributed by atoms with van der Waals surface area (Å²) < 4.78 is 32.2. The highest BCUT2D eigenvalue weighted by Gasteiger charge is 2.31. The van der Waals surface area contributed by atoms with E-state index in [1.54, 1.807) is 5.38 Å². The summed E-state index contributed by atoms with van der Waals surface area (Å²) in [5.41, 5.74) is 2.71. The minimum Gasteiger partial charge on any atom is -0.379 e.